The monoisotopic (exact) mass is 389 g/mol. The molecule has 0 radical (unpaired) electrons. The van der Waals surface area contributed by atoms with Crippen LogP contribution >= 0.6 is 0 Å². The number of carbonyl (C=O) groups is 3. The Morgan fingerprint density at radius 3 is 2.50 bits per heavy atom. The van der Waals surface area contributed by atoms with Crippen molar-refractivity contribution < 1.29 is 33.3 Å². The minimum atomic E-state index is -1.50. The van der Waals surface area contributed by atoms with Gasteiger partial charge in [-0.3, -0.25) is 4.79 Å². The Hall–Kier alpha value is -2.61. The van der Waals surface area contributed by atoms with Crippen LogP contribution in [0.15, 0.2) is 30.3 Å². The fraction of sp³-hybridized carbons (Fsp3) is 0.550. The van der Waals surface area contributed by atoms with Gasteiger partial charge in [-0.15, -0.1) is 0 Å². The predicted octanol–water partition coefficient (Wildman–Crippen LogP) is 1.68. The third kappa shape index (κ3) is 2.83. The summed E-state index contributed by atoms with van der Waals surface area (Å²) in [5, 5.41) is 2.85. The Morgan fingerprint density at radius 1 is 1.11 bits per heavy atom. The molecule has 8 heteroatoms. The smallest absolute Gasteiger partial charge is 0.464 e. The van der Waals surface area contributed by atoms with Crippen LogP contribution in [0.1, 0.15) is 30.6 Å². The van der Waals surface area contributed by atoms with Crippen LogP contribution in [0.3, 0.4) is 0 Å². The fourth-order valence-electron chi connectivity index (χ4n) is 4.67. The summed E-state index contributed by atoms with van der Waals surface area (Å²) in [6, 6.07) is 8.57. The van der Waals surface area contributed by atoms with E-state index in [1.54, 1.807) is 44.2 Å². The zero-order chi connectivity index (χ0) is 19.9. The summed E-state index contributed by atoms with van der Waals surface area (Å²) in [6.07, 6.45) is -1.40. The minimum absolute atomic E-state index is 0.0689. The molecule has 2 aliphatic carbocycles. The van der Waals surface area contributed by atoms with E-state index in [0.717, 1.165) is 0 Å². The molecular weight excluding hydrogens is 366 g/mol. The predicted molar refractivity (Wildman–Crippen MR) is 95.4 cm³/mol. The first kappa shape index (κ1) is 18.7. The number of esters is 1. The third-order valence-corrected chi connectivity index (χ3v) is 5.78. The van der Waals surface area contributed by atoms with Gasteiger partial charge in [0.1, 0.15) is 6.10 Å². The van der Waals surface area contributed by atoms with E-state index < -0.39 is 29.7 Å². The first-order valence-corrected chi connectivity index (χ1v) is 9.56. The molecule has 8 nitrogen and oxygen atoms in total. The van der Waals surface area contributed by atoms with Gasteiger partial charge in [0.15, 0.2) is 5.54 Å². The molecule has 1 saturated heterocycles. The zero-order valence-electron chi connectivity index (χ0n) is 15.8. The Labute approximate surface area is 162 Å². The quantitative estimate of drug-likeness (QED) is 0.583. The van der Waals surface area contributed by atoms with Crippen molar-refractivity contribution in [2.24, 2.45) is 11.8 Å². The molecule has 1 N–H and O–H groups in total. The van der Waals surface area contributed by atoms with E-state index >= 15 is 0 Å². The lowest BCUT2D eigenvalue weighted by atomic mass is 9.78. The van der Waals surface area contributed by atoms with E-state index in [0.29, 0.717) is 12.0 Å². The van der Waals surface area contributed by atoms with Crippen molar-refractivity contribution in [1.82, 2.24) is 5.32 Å². The van der Waals surface area contributed by atoms with Crippen LogP contribution in [0.5, 0.6) is 0 Å². The van der Waals surface area contributed by atoms with Gasteiger partial charge in [0.2, 0.25) is 0 Å². The number of epoxide rings is 1. The lowest BCUT2D eigenvalue weighted by molar-refractivity contribution is -0.159. The Bertz CT molecular complexity index is 782. The molecule has 1 aliphatic heterocycles. The van der Waals surface area contributed by atoms with Crippen molar-refractivity contribution in [3.8, 4) is 0 Å². The molecule has 1 aromatic carbocycles. The molecule has 3 fully saturated rings. The molecule has 150 valence electrons. The summed E-state index contributed by atoms with van der Waals surface area (Å²) < 4.78 is 21.5. The Balaban J connectivity index is 1.69. The average Bonchev–Trinajstić information content (AvgIpc) is 3.32. The normalized spacial score (nSPS) is 34.3. The summed E-state index contributed by atoms with van der Waals surface area (Å²) in [7, 11) is 0. The molecule has 1 aromatic rings. The molecule has 0 aromatic heterocycles. The molecule has 28 heavy (non-hydrogen) atoms. The molecule has 2 bridgehead atoms. The maximum Gasteiger partial charge on any atom is 0.508 e. The van der Waals surface area contributed by atoms with Crippen molar-refractivity contribution in [3.63, 3.8) is 0 Å². The summed E-state index contributed by atoms with van der Waals surface area (Å²) >= 11 is 0. The highest BCUT2D eigenvalue weighted by atomic mass is 16.7. The van der Waals surface area contributed by atoms with E-state index in [4.69, 9.17) is 18.9 Å². The number of nitrogens with one attached hydrogen (secondary N) is 1. The number of fused-ring (bicyclic) bond motifs is 5. The number of hydrogen-bond donors (Lipinski definition) is 1. The molecule has 1 amide bonds. The highest BCUT2D eigenvalue weighted by Gasteiger charge is 2.78. The van der Waals surface area contributed by atoms with Crippen molar-refractivity contribution in [1.29, 1.82) is 0 Å². The zero-order valence-corrected chi connectivity index (χ0v) is 15.8. The SMILES string of the molecule is CCOC(=O)O[C@@H]1[C@H]2C[C@H]([C@@H]3O[C@H]23)[C@@]1(NC(=O)c1ccccc1)C(=O)OCC. The van der Waals surface area contributed by atoms with Crippen LogP contribution < -0.4 is 5.32 Å². The van der Waals surface area contributed by atoms with Gasteiger partial charge in [-0.2, -0.15) is 0 Å². The first-order chi connectivity index (χ1) is 13.5. The highest BCUT2D eigenvalue weighted by molar-refractivity contribution is 5.99. The lowest BCUT2D eigenvalue weighted by Gasteiger charge is -2.39. The molecule has 1 heterocycles. The van der Waals surface area contributed by atoms with Gasteiger partial charge in [-0.05, 0) is 32.4 Å². The van der Waals surface area contributed by atoms with Gasteiger partial charge in [0.05, 0.1) is 25.4 Å². The van der Waals surface area contributed by atoms with Gasteiger partial charge in [-0.1, -0.05) is 18.2 Å². The molecule has 0 unspecified atom stereocenters. The summed E-state index contributed by atoms with van der Waals surface area (Å²) in [6.45, 7) is 3.64. The van der Waals surface area contributed by atoms with Crippen molar-refractivity contribution >= 4 is 18.0 Å². The van der Waals surface area contributed by atoms with Crippen LogP contribution in [0.25, 0.3) is 0 Å². The van der Waals surface area contributed by atoms with Gasteiger partial charge >= 0.3 is 12.1 Å². The third-order valence-electron chi connectivity index (χ3n) is 5.78. The van der Waals surface area contributed by atoms with Crippen molar-refractivity contribution in [2.45, 2.75) is 44.1 Å². The summed E-state index contributed by atoms with van der Waals surface area (Å²) in [5.74, 6) is -1.57. The van der Waals surface area contributed by atoms with Crippen molar-refractivity contribution in [2.75, 3.05) is 13.2 Å². The van der Waals surface area contributed by atoms with E-state index in [1.807, 2.05) is 0 Å². The van der Waals surface area contributed by atoms with E-state index in [1.165, 1.54) is 0 Å². The summed E-state index contributed by atoms with van der Waals surface area (Å²) in [4.78, 5) is 38.1. The second kappa shape index (κ2) is 7.09. The second-order valence-electron chi connectivity index (χ2n) is 7.20. The van der Waals surface area contributed by atoms with Crippen LogP contribution in [0.2, 0.25) is 0 Å². The van der Waals surface area contributed by atoms with E-state index in [2.05, 4.69) is 5.32 Å². The topological polar surface area (TPSA) is 103 Å². The highest BCUT2D eigenvalue weighted by Crippen LogP contribution is 2.61. The first-order valence-electron chi connectivity index (χ1n) is 9.56. The molecular formula is C20H23NO7. The van der Waals surface area contributed by atoms with E-state index in [9.17, 15) is 14.4 Å². The summed E-state index contributed by atoms with van der Waals surface area (Å²) in [5.41, 5.74) is -1.10. The maximum absolute atomic E-state index is 13.1. The number of benzene rings is 1. The number of hydrogen-bond acceptors (Lipinski definition) is 7. The molecule has 2 saturated carbocycles. The van der Waals surface area contributed by atoms with Crippen LogP contribution in [0, 0.1) is 11.8 Å². The van der Waals surface area contributed by atoms with Gasteiger partial charge in [-0.25, -0.2) is 9.59 Å². The molecule has 4 rings (SSSR count). The lowest BCUT2D eigenvalue weighted by Crippen LogP contribution is -2.68. The number of carbonyl (C=O) groups excluding carboxylic acids is 3. The minimum Gasteiger partial charge on any atom is -0.464 e. The largest absolute Gasteiger partial charge is 0.508 e. The fourth-order valence-corrected chi connectivity index (χ4v) is 4.67. The average molecular weight is 389 g/mol. The van der Waals surface area contributed by atoms with E-state index in [-0.39, 0.29) is 37.3 Å². The Kier molecular flexibility index (Phi) is 4.74. The molecule has 0 spiro atoms. The molecule has 3 aliphatic rings. The number of ether oxygens (including phenoxy) is 4. The Morgan fingerprint density at radius 2 is 1.82 bits per heavy atom. The maximum atomic E-state index is 13.1. The van der Waals surface area contributed by atoms with Crippen LogP contribution in [-0.2, 0) is 23.7 Å². The number of amides is 1. The van der Waals surface area contributed by atoms with Crippen LogP contribution in [-0.4, -0.2) is 55.1 Å². The standard InChI is InChI=1S/C20H23NO7/c1-3-25-18(23)20(21-17(22)11-8-6-5-7-9-11)13-10-12(14-15(13)27-14)16(20)28-19(24)26-4-2/h5-9,12-16H,3-4,10H2,1-2H3,(H,21,22)/t12-,13+,14+,15-,16+,20-/m0/s1. The van der Waals surface area contributed by atoms with Crippen molar-refractivity contribution in [3.05, 3.63) is 35.9 Å². The van der Waals surface area contributed by atoms with Gasteiger partial charge in [0.25, 0.3) is 5.91 Å². The molecule has 6 atom stereocenters. The number of rotatable bonds is 6. The van der Waals surface area contributed by atoms with Gasteiger partial charge in [0, 0.05) is 17.4 Å². The van der Waals surface area contributed by atoms with Gasteiger partial charge < -0.3 is 24.3 Å². The van der Waals surface area contributed by atoms with Crippen LogP contribution in [0.4, 0.5) is 4.79 Å². The second-order valence-corrected chi connectivity index (χ2v) is 7.20.